The van der Waals surface area contributed by atoms with E-state index in [9.17, 15) is 0 Å². The number of hydrogen-bond acceptors (Lipinski definition) is 1. The molecule has 0 N–H and O–H groups in total. The first-order valence-corrected chi connectivity index (χ1v) is 5.11. The lowest BCUT2D eigenvalue weighted by atomic mass is 10.1. The normalized spacial score (nSPS) is 11.5. The number of imidazole rings is 1. The van der Waals surface area contributed by atoms with Gasteiger partial charge in [-0.15, -0.1) is 0 Å². The molecule has 0 fully saturated rings. The van der Waals surface area contributed by atoms with Crippen LogP contribution in [0.15, 0.2) is 12.5 Å². The molecule has 74 valence electrons. The Morgan fingerprint density at radius 1 is 1.31 bits per heavy atom. The van der Waals surface area contributed by atoms with Gasteiger partial charge in [-0.05, 0) is 18.3 Å². The molecule has 0 amide bonds. The van der Waals surface area contributed by atoms with Crippen molar-refractivity contribution in [1.29, 1.82) is 0 Å². The first-order chi connectivity index (χ1) is 6.09. The molecular formula is C11H20N2. The van der Waals surface area contributed by atoms with Gasteiger partial charge in [-0.3, -0.25) is 0 Å². The van der Waals surface area contributed by atoms with Gasteiger partial charge in [0.15, 0.2) is 0 Å². The Morgan fingerprint density at radius 2 is 2.00 bits per heavy atom. The molecule has 0 aliphatic heterocycles. The molecule has 1 aromatic heterocycles. The second-order valence-corrected chi connectivity index (χ2v) is 4.37. The highest BCUT2D eigenvalue weighted by molar-refractivity contribution is 5.01. The molecule has 1 heterocycles. The number of nitrogens with zero attached hydrogens (tertiary/aromatic N) is 2. The zero-order valence-corrected chi connectivity index (χ0v) is 9.12. The third-order valence-corrected chi connectivity index (χ3v) is 2.21. The Labute approximate surface area is 81.0 Å². The maximum Gasteiger partial charge on any atom is 0.0949 e. The van der Waals surface area contributed by atoms with Crippen molar-refractivity contribution < 1.29 is 0 Å². The van der Waals surface area contributed by atoms with Crippen LogP contribution in [0, 0.1) is 5.92 Å². The van der Waals surface area contributed by atoms with E-state index in [1.165, 1.54) is 12.1 Å². The van der Waals surface area contributed by atoms with E-state index in [4.69, 9.17) is 0 Å². The largest absolute Gasteiger partial charge is 0.337 e. The van der Waals surface area contributed by atoms with Gasteiger partial charge >= 0.3 is 0 Å². The van der Waals surface area contributed by atoms with Crippen LogP contribution in [0.3, 0.4) is 0 Å². The zero-order chi connectivity index (χ0) is 9.84. The lowest BCUT2D eigenvalue weighted by Crippen LogP contribution is -1.98. The summed E-state index contributed by atoms with van der Waals surface area (Å²) in [6.07, 6.45) is 5.33. The molecule has 13 heavy (non-hydrogen) atoms. The predicted octanol–water partition coefficient (Wildman–Crippen LogP) is 3.05. The molecule has 0 aliphatic rings. The van der Waals surface area contributed by atoms with E-state index in [1.807, 2.05) is 6.33 Å². The summed E-state index contributed by atoms with van der Waals surface area (Å²) in [4.78, 5) is 4.36. The Kier molecular flexibility index (Phi) is 3.52. The van der Waals surface area contributed by atoms with E-state index in [-0.39, 0.29) is 0 Å². The van der Waals surface area contributed by atoms with Crippen molar-refractivity contribution in [2.24, 2.45) is 5.92 Å². The van der Waals surface area contributed by atoms with Gasteiger partial charge in [-0.2, -0.15) is 0 Å². The minimum atomic E-state index is 0.542. The average Bonchev–Trinajstić information content (AvgIpc) is 2.48. The van der Waals surface area contributed by atoms with Crippen LogP contribution in [0.4, 0.5) is 0 Å². The fourth-order valence-corrected chi connectivity index (χ4v) is 1.21. The topological polar surface area (TPSA) is 17.8 Å². The van der Waals surface area contributed by atoms with Gasteiger partial charge in [0.1, 0.15) is 0 Å². The van der Waals surface area contributed by atoms with Crippen molar-refractivity contribution in [2.75, 3.05) is 0 Å². The van der Waals surface area contributed by atoms with Crippen molar-refractivity contribution in [3.8, 4) is 0 Å². The van der Waals surface area contributed by atoms with Gasteiger partial charge in [0, 0.05) is 12.7 Å². The summed E-state index contributed by atoms with van der Waals surface area (Å²) in [5.74, 6) is 1.31. The summed E-state index contributed by atoms with van der Waals surface area (Å²) in [6, 6.07) is 0. The number of hydrogen-bond donors (Lipinski definition) is 0. The van der Waals surface area contributed by atoms with E-state index in [0.29, 0.717) is 5.92 Å². The summed E-state index contributed by atoms with van der Waals surface area (Å²) in [7, 11) is 0. The molecule has 0 aromatic carbocycles. The van der Waals surface area contributed by atoms with Crippen molar-refractivity contribution in [1.82, 2.24) is 9.55 Å². The summed E-state index contributed by atoms with van der Waals surface area (Å²) < 4.78 is 2.19. The molecular weight excluding hydrogens is 160 g/mol. The first-order valence-electron chi connectivity index (χ1n) is 5.11. The predicted molar refractivity (Wildman–Crippen MR) is 55.8 cm³/mol. The lowest BCUT2D eigenvalue weighted by Gasteiger charge is -2.04. The maximum absolute atomic E-state index is 4.36. The summed E-state index contributed by atoms with van der Waals surface area (Å²) >= 11 is 0. The second kappa shape index (κ2) is 4.45. The van der Waals surface area contributed by atoms with E-state index in [1.54, 1.807) is 0 Å². The van der Waals surface area contributed by atoms with Crippen LogP contribution >= 0.6 is 0 Å². The Hall–Kier alpha value is -0.790. The van der Waals surface area contributed by atoms with Crippen LogP contribution in [0.1, 0.15) is 45.7 Å². The molecule has 2 nitrogen and oxygen atoms in total. The third kappa shape index (κ3) is 3.21. The second-order valence-electron chi connectivity index (χ2n) is 4.37. The van der Waals surface area contributed by atoms with Crippen LogP contribution in [-0.2, 0) is 6.54 Å². The van der Waals surface area contributed by atoms with Gasteiger partial charge < -0.3 is 4.57 Å². The van der Waals surface area contributed by atoms with Crippen LogP contribution < -0.4 is 0 Å². The summed E-state index contributed by atoms with van der Waals surface area (Å²) in [6.45, 7) is 9.95. The molecule has 1 rings (SSSR count). The fraction of sp³-hybridized carbons (Fsp3) is 0.727. The molecule has 0 unspecified atom stereocenters. The quantitative estimate of drug-likeness (QED) is 0.696. The molecule has 0 atom stereocenters. The van der Waals surface area contributed by atoms with E-state index >= 15 is 0 Å². The third-order valence-electron chi connectivity index (χ3n) is 2.21. The van der Waals surface area contributed by atoms with Crippen LogP contribution in [-0.4, -0.2) is 9.55 Å². The van der Waals surface area contributed by atoms with Gasteiger partial charge in [0.05, 0.1) is 12.0 Å². The Morgan fingerprint density at radius 3 is 2.46 bits per heavy atom. The molecule has 0 radical (unpaired) electrons. The number of aryl methyl sites for hydroxylation is 1. The van der Waals surface area contributed by atoms with Crippen LogP contribution in [0.5, 0.6) is 0 Å². The van der Waals surface area contributed by atoms with Crippen molar-refractivity contribution in [3.63, 3.8) is 0 Å². The van der Waals surface area contributed by atoms with Crippen molar-refractivity contribution in [3.05, 3.63) is 18.2 Å². The molecule has 0 spiro atoms. The highest BCUT2D eigenvalue weighted by atomic mass is 15.0. The number of aromatic nitrogens is 2. The molecule has 0 saturated heterocycles. The SMILES string of the molecule is CC(C)CCn1cnc(C(C)C)c1. The minimum absolute atomic E-state index is 0.542. The lowest BCUT2D eigenvalue weighted by molar-refractivity contribution is 0.516. The van der Waals surface area contributed by atoms with Crippen LogP contribution in [0.2, 0.25) is 0 Å². The molecule has 1 aromatic rings. The maximum atomic E-state index is 4.36. The molecule has 0 aliphatic carbocycles. The first kappa shape index (κ1) is 10.3. The monoisotopic (exact) mass is 180 g/mol. The smallest absolute Gasteiger partial charge is 0.0949 e. The van der Waals surface area contributed by atoms with E-state index in [0.717, 1.165) is 12.5 Å². The van der Waals surface area contributed by atoms with Crippen molar-refractivity contribution in [2.45, 2.75) is 46.6 Å². The Balaban J connectivity index is 2.49. The van der Waals surface area contributed by atoms with E-state index in [2.05, 4.69) is 43.4 Å². The van der Waals surface area contributed by atoms with Gasteiger partial charge in [-0.25, -0.2) is 4.98 Å². The molecule has 0 bridgehead atoms. The fourth-order valence-electron chi connectivity index (χ4n) is 1.21. The van der Waals surface area contributed by atoms with Gasteiger partial charge in [0.25, 0.3) is 0 Å². The Bertz CT molecular complexity index is 248. The van der Waals surface area contributed by atoms with Crippen molar-refractivity contribution >= 4 is 0 Å². The van der Waals surface area contributed by atoms with Gasteiger partial charge in [-0.1, -0.05) is 27.7 Å². The number of rotatable bonds is 4. The zero-order valence-electron chi connectivity index (χ0n) is 9.12. The summed E-state index contributed by atoms with van der Waals surface area (Å²) in [5, 5.41) is 0. The minimum Gasteiger partial charge on any atom is -0.337 e. The molecule has 0 saturated carbocycles. The van der Waals surface area contributed by atoms with Crippen LogP contribution in [0.25, 0.3) is 0 Å². The summed E-state index contributed by atoms with van der Waals surface area (Å²) in [5.41, 5.74) is 1.20. The van der Waals surface area contributed by atoms with Gasteiger partial charge in [0.2, 0.25) is 0 Å². The molecule has 2 heteroatoms. The average molecular weight is 180 g/mol. The standard InChI is InChI=1S/C11H20N2/c1-9(2)5-6-13-7-11(10(3)4)12-8-13/h7-10H,5-6H2,1-4H3. The highest BCUT2D eigenvalue weighted by Crippen LogP contribution is 2.11. The highest BCUT2D eigenvalue weighted by Gasteiger charge is 2.03. The van der Waals surface area contributed by atoms with E-state index < -0.39 is 0 Å².